The minimum atomic E-state index is -1.27. The van der Waals surface area contributed by atoms with E-state index >= 15 is 0 Å². The van der Waals surface area contributed by atoms with E-state index in [1.54, 1.807) is 25.1 Å². The number of halogens is 1. The first-order chi connectivity index (χ1) is 15.9. The van der Waals surface area contributed by atoms with E-state index in [2.05, 4.69) is 25.9 Å². The van der Waals surface area contributed by atoms with Crippen molar-refractivity contribution in [3.8, 4) is 6.07 Å². The molecule has 33 heavy (non-hydrogen) atoms. The third-order valence-electron chi connectivity index (χ3n) is 5.58. The maximum absolute atomic E-state index is 13.7. The smallest absolute Gasteiger partial charge is 0.252 e. The molecule has 0 aliphatic carbocycles. The van der Waals surface area contributed by atoms with Crippen LogP contribution in [0.1, 0.15) is 23.6 Å². The van der Waals surface area contributed by atoms with Crippen LogP contribution in [0.2, 0.25) is 0 Å². The van der Waals surface area contributed by atoms with E-state index in [1.165, 1.54) is 18.5 Å². The van der Waals surface area contributed by atoms with E-state index < -0.39 is 11.6 Å². The van der Waals surface area contributed by atoms with Gasteiger partial charge in [-0.1, -0.05) is 36.4 Å². The fraction of sp³-hybridized carbons (Fsp3) is 0.167. The Morgan fingerprint density at radius 2 is 2.06 bits per heavy atom. The zero-order valence-corrected chi connectivity index (χ0v) is 17.8. The lowest BCUT2D eigenvalue weighted by molar-refractivity contribution is -0.124. The van der Waals surface area contributed by atoms with Crippen LogP contribution in [0.5, 0.6) is 0 Å². The maximum Gasteiger partial charge on any atom is 0.252 e. The van der Waals surface area contributed by atoms with Crippen LogP contribution in [0.4, 0.5) is 21.7 Å². The van der Waals surface area contributed by atoms with Crippen LogP contribution < -0.4 is 21.7 Å². The largest absolute Gasteiger partial charge is 0.382 e. The van der Waals surface area contributed by atoms with E-state index in [4.69, 9.17) is 5.73 Å². The fourth-order valence-corrected chi connectivity index (χ4v) is 3.71. The number of carbonyl (C=O) groups excluding carboxylic acids is 1. The third kappa shape index (κ3) is 4.32. The predicted octanol–water partition coefficient (Wildman–Crippen LogP) is 3.06. The summed E-state index contributed by atoms with van der Waals surface area (Å²) in [5, 5.41) is 18.8. The van der Waals surface area contributed by atoms with Crippen LogP contribution in [0.3, 0.4) is 0 Å². The Morgan fingerprint density at radius 3 is 2.82 bits per heavy atom. The summed E-state index contributed by atoms with van der Waals surface area (Å²) in [6, 6.07) is 15.2. The number of rotatable bonds is 6. The van der Waals surface area contributed by atoms with E-state index in [9.17, 15) is 14.4 Å². The first-order valence-electron chi connectivity index (χ1n) is 10.3. The number of nitriles is 1. The first kappa shape index (κ1) is 21.8. The van der Waals surface area contributed by atoms with Gasteiger partial charge in [-0.2, -0.15) is 5.26 Å². The SMILES string of the molecule is CC(Nc1ncnc(N)c1C#N)[C@]1(C(=O)NCc2ccccc2)C=Cc2cc(F)ccc2N1. The van der Waals surface area contributed by atoms with Crippen LogP contribution in [0, 0.1) is 17.1 Å². The number of nitrogen functional groups attached to an aromatic ring is 1. The zero-order valence-electron chi connectivity index (χ0n) is 17.8. The van der Waals surface area contributed by atoms with Crippen molar-refractivity contribution < 1.29 is 9.18 Å². The average molecular weight is 443 g/mol. The molecule has 2 atom stereocenters. The Labute approximate surface area is 190 Å². The summed E-state index contributed by atoms with van der Waals surface area (Å²) < 4.78 is 13.7. The Hall–Kier alpha value is -4.45. The van der Waals surface area contributed by atoms with Crippen molar-refractivity contribution in [1.29, 1.82) is 5.26 Å². The molecule has 1 amide bonds. The molecule has 166 valence electrons. The number of aromatic nitrogens is 2. The highest BCUT2D eigenvalue weighted by molar-refractivity contribution is 5.97. The monoisotopic (exact) mass is 443 g/mol. The number of nitrogens with zero attached hydrogens (tertiary/aromatic N) is 3. The lowest BCUT2D eigenvalue weighted by Gasteiger charge is -2.40. The van der Waals surface area contributed by atoms with Crippen molar-refractivity contribution in [2.75, 3.05) is 16.4 Å². The quantitative estimate of drug-likeness (QED) is 0.461. The molecule has 0 saturated carbocycles. The van der Waals surface area contributed by atoms with E-state index in [1.807, 2.05) is 36.4 Å². The molecular weight excluding hydrogens is 421 g/mol. The average Bonchev–Trinajstić information content (AvgIpc) is 2.83. The highest BCUT2D eigenvalue weighted by Gasteiger charge is 2.44. The van der Waals surface area contributed by atoms with Crippen molar-refractivity contribution in [3.05, 3.63) is 83.4 Å². The Bertz CT molecular complexity index is 1260. The van der Waals surface area contributed by atoms with Gasteiger partial charge in [0.25, 0.3) is 5.91 Å². The van der Waals surface area contributed by atoms with Crippen molar-refractivity contribution in [3.63, 3.8) is 0 Å². The standard InChI is InChI=1S/C24H22FN7O/c1-15(31-22-19(12-26)21(27)29-14-30-22)24(23(33)28-13-16-5-3-2-4-6-16)10-9-17-11-18(25)7-8-20(17)32-24/h2-11,14-15,32H,13H2,1H3,(H,28,33)(H3,27,29,30,31)/t15?,24-/m0/s1. The van der Waals surface area contributed by atoms with Crippen LogP contribution in [-0.4, -0.2) is 27.5 Å². The Morgan fingerprint density at radius 1 is 1.27 bits per heavy atom. The zero-order chi connectivity index (χ0) is 23.4. The third-order valence-corrected chi connectivity index (χ3v) is 5.58. The van der Waals surface area contributed by atoms with Gasteiger partial charge in [-0.3, -0.25) is 4.79 Å². The fourth-order valence-electron chi connectivity index (χ4n) is 3.71. The first-order valence-corrected chi connectivity index (χ1v) is 10.3. The molecule has 1 aliphatic heterocycles. The molecule has 2 aromatic carbocycles. The maximum atomic E-state index is 13.7. The summed E-state index contributed by atoms with van der Waals surface area (Å²) in [6.07, 6.45) is 4.63. The number of carbonyl (C=O) groups is 1. The molecule has 9 heteroatoms. The number of hydrogen-bond acceptors (Lipinski definition) is 7. The molecule has 2 heterocycles. The topological polar surface area (TPSA) is 129 Å². The van der Waals surface area contributed by atoms with Gasteiger partial charge in [0.1, 0.15) is 35.4 Å². The highest BCUT2D eigenvalue weighted by Crippen LogP contribution is 2.33. The molecule has 0 spiro atoms. The van der Waals surface area contributed by atoms with Crippen molar-refractivity contribution in [2.45, 2.75) is 25.0 Å². The number of fused-ring (bicyclic) bond motifs is 1. The Balaban J connectivity index is 1.67. The van der Waals surface area contributed by atoms with Crippen LogP contribution in [0.15, 0.2) is 60.9 Å². The Kier molecular flexibility index (Phi) is 5.91. The number of nitrogens with one attached hydrogen (secondary N) is 3. The van der Waals surface area contributed by atoms with Gasteiger partial charge in [-0.15, -0.1) is 0 Å². The number of nitrogens with two attached hydrogens (primary N) is 1. The summed E-state index contributed by atoms with van der Waals surface area (Å²) in [6.45, 7) is 2.11. The normalized spacial score (nSPS) is 17.2. The second-order valence-electron chi connectivity index (χ2n) is 7.69. The molecule has 1 aliphatic rings. The van der Waals surface area contributed by atoms with E-state index in [-0.39, 0.29) is 28.9 Å². The number of benzene rings is 2. The molecule has 1 aromatic heterocycles. The lowest BCUT2D eigenvalue weighted by Crippen LogP contribution is -2.61. The molecular formula is C24H22FN7O. The van der Waals surface area contributed by atoms with Gasteiger partial charge in [0.2, 0.25) is 0 Å². The second-order valence-corrected chi connectivity index (χ2v) is 7.69. The van der Waals surface area contributed by atoms with Crippen LogP contribution >= 0.6 is 0 Å². The highest BCUT2D eigenvalue weighted by atomic mass is 19.1. The molecule has 1 unspecified atom stereocenters. The summed E-state index contributed by atoms with van der Waals surface area (Å²) in [7, 11) is 0. The van der Waals surface area contributed by atoms with Gasteiger partial charge in [0.15, 0.2) is 5.54 Å². The van der Waals surface area contributed by atoms with Gasteiger partial charge < -0.3 is 21.7 Å². The summed E-state index contributed by atoms with van der Waals surface area (Å²) in [5.74, 6) is -0.425. The molecule has 3 aromatic rings. The molecule has 5 N–H and O–H groups in total. The molecule has 0 fully saturated rings. The number of anilines is 3. The van der Waals surface area contributed by atoms with Gasteiger partial charge in [-0.05, 0) is 36.8 Å². The van der Waals surface area contributed by atoms with Gasteiger partial charge >= 0.3 is 0 Å². The second kappa shape index (κ2) is 8.96. The van der Waals surface area contributed by atoms with Crippen LogP contribution in [-0.2, 0) is 11.3 Å². The summed E-state index contributed by atoms with van der Waals surface area (Å²) >= 11 is 0. The number of amides is 1. The molecule has 4 rings (SSSR count). The molecule has 0 bridgehead atoms. The van der Waals surface area contributed by atoms with Gasteiger partial charge in [0.05, 0.1) is 6.04 Å². The number of hydrogen-bond donors (Lipinski definition) is 4. The minimum absolute atomic E-state index is 0.0396. The molecule has 0 saturated heterocycles. The summed E-state index contributed by atoms with van der Waals surface area (Å²) in [4.78, 5) is 21.5. The van der Waals surface area contributed by atoms with Crippen molar-refractivity contribution in [2.24, 2.45) is 0 Å². The van der Waals surface area contributed by atoms with Gasteiger partial charge in [0, 0.05) is 17.8 Å². The van der Waals surface area contributed by atoms with E-state index in [0.29, 0.717) is 17.8 Å². The summed E-state index contributed by atoms with van der Waals surface area (Å²) in [5.41, 5.74) is 6.80. The van der Waals surface area contributed by atoms with Crippen molar-refractivity contribution >= 4 is 29.3 Å². The van der Waals surface area contributed by atoms with Gasteiger partial charge in [-0.25, -0.2) is 14.4 Å². The molecule has 0 radical (unpaired) electrons. The van der Waals surface area contributed by atoms with Crippen LogP contribution in [0.25, 0.3) is 6.08 Å². The molecule has 8 nitrogen and oxygen atoms in total. The minimum Gasteiger partial charge on any atom is -0.382 e. The lowest BCUT2D eigenvalue weighted by atomic mass is 9.85. The van der Waals surface area contributed by atoms with E-state index in [0.717, 1.165) is 5.56 Å². The predicted molar refractivity (Wildman–Crippen MR) is 124 cm³/mol. The van der Waals surface area contributed by atoms with Crippen molar-refractivity contribution in [1.82, 2.24) is 15.3 Å².